The van der Waals surface area contributed by atoms with Crippen molar-refractivity contribution in [3.05, 3.63) is 22.5 Å². The van der Waals surface area contributed by atoms with E-state index in [4.69, 9.17) is 4.74 Å². The van der Waals surface area contributed by atoms with E-state index in [-0.39, 0.29) is 11.8 Å². The normalized spacial score (nSPS) is 16.9. The maximum absolute atomic E-state index is 12.9. The average molecular weight is 334 g/mol. The second-order valence-corrected chi connectivity index (χ2v) is 6.98. The summed E-state index contributed by atoms with van der Waals surface area (Å²) in [4.78, 5) is 24.9. The molecule has 1 unspecified atom stereocenters. The van der Waals surface area contributed by atoms with Gasteiger partial charge >= 0.3 is 5.97 Å². The van der Waals surface area contributed by atoms with E-state index < -0.39 is 5.97 Å². The van der Waals surface area contributed by atoms with Crippen LogP contribution in [0.4, 0.5) is 0 Å². The topological polar surface area (TPSA) is 60.3 Å². The van der Waals surface area contributed by atoms with E-state index in [0.29, 0.717) is 22.7 Å². The standard InChI is InChI=1S/C19H30N2O3/c1-12-16(14(3)21(4)17(12)19(23)24-5)18(22)13(2)20-11-15-9-7-6-8-10-15/h13,15,20H,6-11H2,1-5H3. The Labute approximate surface area is 144 Å². The molecule has 24 heavy (non-hydrogen) atoms. The molecular formula is C19H30N2O3. The lowest BCUT2D eigenvalue weighted by Crippen LogP contribution is -2.38. The van der Waals surface area contributed by atoms with Crippen LogP contribution in [0.1, 0.15) is 71.1 Å². The second kappa shape index (κ2) is 7.97. The zero-order chi connectivity index (χ0) is 17.9. The number of ether oxygens (including phenoxy) is 1. The molecule has 1 N–H and O–H groups in total. The predicted octanol–water partition coefficient (Wildman–Crippen LogP) is 3.17. The number of esters is 1. The van der Waals surface area contributed by atoms with Gasteiger partial charge in [-0.2, -0.15) is 0 Å². The molecule has 1 aliphatic rings. The van der Waals surface area contributed by atoms with Crippen LogP contribution in [0.25, 0.3) is 0 Å². The quantitative estimate of drug-likeness (QED) is 0.641. The van der Waals surface area contributed by atoms with Crippen LogP contribution in [-0.4, -0.2) is 36.0 Å². The fourth-order valence-corrected chi connectivity index (χ4v) is 3.77. The van der Waals surface area contributed by atoms with Gasteiger partial charge in [0.1, 0.15) is 5.69 Å². The Kier molecular flexibility index (Phi) is 6.21. The number of methoxy groups -OCH3 is 1. The van der Waals surface area contributed by atoms with Gasteiger partial charge in [-0.3, -0.25) is 4.79 Å². The molecule has 1 aromatic heterocycles. The van der Waals surface area contributed by atoms with Crippen molar-refractivity contribution in [2.75, 3.05) is 13.7 Å². The van der Waals surface area contributed by atoms with Gasteiger partial charge in [-0.25, -0.2) is 4.79 Å². The first-order valence-corrected chi connectivity index (χ1v) is 8.90. The fraction of sp³-hybridized carbons (Fsp3) is 0.684. The number of hydrogen-bond donors (Lipinski definition) is 1. The first kappa shape index (κ1) is 18.7. The molecule has 1 fully saturated rings. The highest BCUT2D eigenvalue weighted by atomic mass is 16.5. The first-order chi connectivity index (χ1) is 11.4. The van der Waals surface area contributed by atoms with Gasteiger partial charge in [0.25, 0.3) is 0 Å². The molecule has 0 saturated heterocycles. The number of carbonyl (C=O) groups excluding carboxylic acids is 2. The molecule has 0 aliphatic heterocycles. The van der Waals surface area contributed by atoms with Crippen molar-refractivity contribution >= 4 is 11.8 Å². The van der Waals surface area contributed by atoms with E-state index in [1.807, 2.05) is 20.8 Å². The summed E-state index contributed by atoms with van der Waals surface area (Å²) in [6, 6.07) is -0.253. The predicted molar refractivity (Wildman–Crippen MR) is 94.6 cm³/mol. The minimum Gasteiger partial charge on any atom is -0.464 e. The van der Waals surface area contributed by atoms with E-state index in [9.17, 15) is 9.59 Å². The van der Waals surface area contributed by atoms with Gasteiger partial charge in [0.05, 0.1) is 13.2 Å². The highest BCUT2D eigenvalue weighted by Crippen LogP contribution is 2.25. The van der Waals surface area contributed by atoms with E-state index in [1.54, 1.807) is 11.6 Å². The number of nitrogens with one attached hydrogen (secondary N) is 1. The lowest BCUT2D eigenvalue weighted by Gasteiger charge is -2.23. The Balaban J connectivity index is 2.12. The van der Waals surface area contributed by atoms with Gasteiger partial charge in [0, 0.05) is 18.3 Å². The SMILES string of the molecule is COC(=O)c1c(C)c(C(=O)C(C)NCC2CCCCC2)c(C)n1C. The smallest absolute Gasteiger partial charge is 0.354 e. The number of ketones is 1. The summed E-state index contributed by atoms with van der Waals surface area (Å²) in [6.45, 7) is 6.50. The van der Waals surface area contributed by atoms with Gasteiger partial charge in [-0.05, 0) is 51.6 Å². The second-order valence-electron chi connectivity index (χ2n) is 6.98. The third-order valence-corrected chi connectivity index (χ3v) is 5.39. The minimum absolute atomic E-state index is 0.0477. The highest BCUT2D eigenvalue weighted by molar-refractivity contribution is 6.05. The van der Waals surface area contributed by atoms with Gasteiger partial charge in [0.2, 0.25) is 0 Å². The van der Waals surface area contributed by atoms with Crippen LogP contribution < -0.4 is 5.32 Å². The molecule has 0 bridgehead atoms. The number of nitrogens with zero attached hydrogens (tertiary/aromatic N) is 1. The van der Waals surface area contributed by atoms with Gasteiger partial charge in [-0.1, -0.05) is 19.3 Å². The summed E-state index contributed by atoms with van der Waals surface area (Å²) >= 11 is 0. The fourth-order valence-electron chi connectivity index (χ4n) is 3.77. The van der Waals surface area contributed by atoms with E-state index in [0.717, 1.165) is 12.2 Å². The molecule has 5 heteroatoms. The van der Waals surface area contributed by atoms with Gasteiger partial charge in [0.15, 0.2) is 5.78 Å². The molecule has 1 aromatic rings. The van der Waals surface area contributed by atoms with Crippen LogP contribution in [-0.2, 0) is 11.8 Å². The van der Waals surface area contributed by atoms with Crippen LogP contribution in [0, 0.1) is 19.8 Å². The molecule has 1 aliphatic carbocycles. The molecule has 5 nitrogen and oxygen atoms in total. The van der Waals surface area contributed by atoms with Crippen LogP contribution in [0.2, 0.25) is 0 Å². The highest BCUT2D eigenvalue weighted by Gasteiger charge is 2.28. The van der Waals surface area contributed by atoms with Crippen LogP contribution in [0.15, 0.2) is 0 Å². The van der Waals surface area contributed by atoms with Gasteiger partial charge < -0.3 is 14.6 Å². The molecule has 0 spiro atoms. The Bertz CT molecular complexity index is 613. The Morgan fingerprint density at radius 1 is 1.25 bits per heavy atom. The van der Waals surface area contributed by atoms with Crippen molar-refractivity contribution < 1.29 is 14.3 Å². The van der Waals surface area contributed by atoms with Crippen molar-refractivity contribution in [2.24, 2.45) is 13.0 Å². The van der Waals surface area contributed by atoms with E-state index in [1.165, 1.54) is 39.2 Å². The van der Waals surface area contributed by atoms with Crippen molar-refractivity contribution in [3.63, 3.8) is 0 Å². The maximum Gasteiger partial charge on any atom is 0.354 e. The summed E-state index contributed by atoms with van der Waals surface area (Å²) in [5.74, 6) is 0.323. The number of Topliss-reactive ketones (excluding diaryl/α,β-unsaturated/α-hetero) is 1. The number of aromatic nitrogens is 1. The molecule has 134 valence electrons. The molecule has 0 radical (unpaired) electrons. The molecular weight excluding hydrogens is 304 g/mol. The average Bonchev–Trinajstić information content (AvgIpc) is 2.81. The van der Waals surface area contributed by atoms with Crippen LogP contribution in [0.3, 0.4) is 0 Å². The zero-order valence-corrected chi connectivity index (χ0v) is 15.6. The lowest BCUT2D eigenvalue weighted by atomic mass is 9.89. The van der Waals surface area contributed by atoms with Crippen molar-refractivity contribution in [3.8, 4) is 0 Å². The van der Waals surface area contributed by atoms with Crippen molar-refractivity contribution in [1.29, 1.82) is 0 Å². The molecule has 1 saturated carbocycles. The van der Waals surface area contributed by atoms with Crippen molar-refractivity contribution in [2.45, 2.75) is 58.9 Å². The van der Waals surface area contributed by atoms with Crippen LogP contribution in [0.5, 0.6) is 0 Å². The number of rotatable bonds is 6. The molecule has 0 amide bonds. The maximum atomic E-state index is 12.9. The summed E-state index contributed by atoms with van der Waals surface area (Å²) in [6.07, 6.45) is 6.44. The van der Waals surface area contributed by atoms with E-state index >= 15 is 0 Å². The number of hydrogen-bond acceptors (Lipinski definition) is 4. The summed E-state index contributed by atoms with van der Waals surface area (Å²) in [5.41, 5.74) is 2.61. The van der Waals surface area contributed by atoms with E-state index in [2.05, 4.69) is 5.32 Å². The summed E-state index contributed by atoms with van der Waals surface area (Å²) in [7, 11) is 3.16. The largest absolute Gasteiger partial charge is 0.464 e. The monoisotopic (exact) mass is 334 g/mol. The summed E-state index contributed by atoms with van der Waals surface area (Å²) in [5, 5.41) is 3.40. The Morgan fingerprint density at radius 2 is 1.88 bits per heavy atom. The molecule has 1 atom stereocenters. The van der Waals surface area contributed by atoms with Crippen LogP contribution >= 0.6 is 0 Å². The van der Waals surface area contributed by atoms with Crippen molar-refractivity contribution in [1.82, 2.24) is 9.88 Å². The summed E-state index contributed by atoms with van der Waals surface area (Å²) < 4.78 is 6.60. The molecule has 1 heterocycles. The third kappa shape index (κ3) is 3.72. The number of carbonyl (C=O) groups is 2. The Morgan fingerprint density at radius 3 is 2.46 bits per heavy atom. The first-order valence-electron chi connectivity index (χ1n) is 8.90. The zero-order valence-electron chi connectivity index (χ0n) is 15.6. The minimum atomic E-state index is -0.403. The molecule has 2 rings (SSSR count). The lowest BCUT2D eigenvalue weighted by molar-refractivity contribution is 0.0588. The molecule has 0 aromatic carbocycles. The van der Waals surface area contributed by atoms with Gasteiger partial charge in [-0.15, -0.1) is 0 Å². The Hall–Kier alpha value is -1.62. The third-order valence-electron chi connectivity index (χ3n) is 5.39.